The fourth-order valence-electron chi connectivity index (χ4n) is 1.51. The summed E-state index contributed by atoms with van der Waals surface area (Å²) in [5.41, 5.74) is 0.996. The zero-order chi connectivity index (χ0) is 12.3. The van der Waals surface area contributed by atoms with Gasteiger partial charge in [0.2, 0.25) is 0 Å². The number of hydrogen-bond donors (Lipinski definition) is 0. The van der Waals surface area contributed by atoms with Gasteiger partial charge in [-0.3, -0.25) is 9.98 Å². The van der Waals surface area contributed by atoms with E-state index in [1.165, 1.54) is 7.11 Å². The first-order chi connectivity index (χ1) is 8.24. The number of nitrogens with zero attached hydrogens (tertiary/aromatic N) is 4. The molecule has 17 heavy (non-hydrogen) atoms. The van der Waals surface area contributed by atoms with Crippen LogP contribution in [0.25, 0.3) is 0 Å². The second kappa shape index (κ2) is 4.90. The van der Waals surface area contributed by atoms with Crippen LogP contribution in [0.4, 0.5) is 0 Å². The number of carbonyl (C=O) groups is 1. The number of hydrogen-bond acceptors (Lipinski definition) is 5. The molecule has 0 aromatic carbocycles. The number of ether oxygens (including phenoxy) is 1. The number of aryl methyl sites for hydroxylation is 1. The highest BCUT2D eigenvalue weighted by atomic mass is 16.5. The van der Waals surface area contributed by atoms with Crippen molar-refractivity contribution in [3.05, 3.63) is 18.0 Å². The molecule has 1 aromatic rings. The van der Waals surface area contributed by atoms with Crippen LogP contribution in [0.5, 0.6) is 0 Å². The molecule has 0 amide bonds. The molecule has 0 spiro atoms. The summed E-state index contributed by atoms with van der Waals surface area (Å²) in [7, 11) is 1.35. The van der Waals surface area contributed by atoms with Gasteiger partial charge in [0.05, 0.1) is 25.6 Å². The van der Waals surface area contributed by atoms with Crippen molar-refractivity contribution < 1.29 is 9.53 Å². The van der Waals surface area contributed by atoms with Crippen molar-refractivity contribution in [1.29, 1.82) is 0 Å². The second-order valence-electron chi connectivity index (χ2n) is 3.62. The molecular formula is C11H14N4O2. The summed E-state index contributed by atoms with van der Waals surface area (Å²) < 4.78 is 6.27. The maximum Gasteiger partial charge on any atom is 0.332 e. The standard InChI is InChI=1S/C11H14N4O2/c1-3-8-4-5-15(14-8)10-7-12-9(6-13-10)11(16)17-2/h4-5,7,9H,3,6H2,1-2H3. The van der Waals surface area contributed by atoms with Gasteiger partial charge in [-0.15, -0.1) is 0 Å². The van der Waals surface area contributed by atoms with E-state index in [2.05, 4.69) is 19.8 Å². The van der Waals surface area contributed by atoms with Gasteiger partial charge >= 0.3 is 5.97 Å². The van der Waals surface area contributed by atoms with E-state index >= 15 is 0 Å². The van der Waals surface area contributed by atoms with E-state index in [1.54, 1.807) is 10.9 Å². The Hall–Kier alpha value is -1.98. The Morgan fingerprint density at radius 2 is 2.47 bits per heavy atom. The van der Waals surface area contributed by atoms with Gasteiger partial charge in [-0.25, -0.2) is 9.48 Å². The Balaban J connectivity index is 2.09. The Morgan fingerprint density at radius 3 is 3.00 bits per heavy atom. The molecule has 1 atom stereocenters. The lowest BCUT2D eigenvalue weighted by Gasteiger charge is -2.12. The van der Waals surface area contributed by atoms with Gasteiger partial charge < -0.3 is 4.74 Å². The smallest absolute Gasteiger partial charge is 0.332 e. The predicted octanol–water partition coefficient (Wildman–Crippen LogP) is 0.318. The normalized spacial score (nSPS) is 18.9. The number of esters is 1. The van der Waals surface area contributed by atoms with Gasteiger partial charge in [-0.1, -0.05) is 6.92 Å². The van der Waals surface area contributed by atoms with Crippen LogP contribution in [0.15, 0.2) is 22.2 Å². The lowest BCUT2D eigenvalue weighted by molar-refractivity contribution is -0.141. The van der Waals surface area contributed by atoms with Crippen LogP contribution < -0.4 is 0 Å². The third-order valence-electron chi connectivity index (χ3n) is 2.51. The highest BCUT2D eigenvalue weighted by molar-refractivity contribution is 6.30. The Kier molecular flexibility index (Phi) is 3.32. The molecule has 0 radical (unpaired) electrons. The molecule has 90 valence electrons. The molecule has 0 aliphatic carbocycles. The van der Waals surface area contributed by atoms with Crippen molar-refractivity contribution in [2.75, 3.05) is 13.7 Å². The SMILES string of the molecule is CCc1ccn(C2=NCC(C(=O)OC)N=C2)n1. The van der Waals surface area contributed by atoms with Crippen LogP contribution in [-0.2, 0) is 16.0 Å². The molecule has 0 fully saturated rings. The fraction of sp³-hybridized carbons (Fsp3) is 0.455. The summed E-state index contributed by atoms with van der Waals surface area (Å²) in [5, 5.41) is 4.32. The van der Waals surface area contributed by atoms with Gasteiger partial charge in [0.1, 0.15) is 0 Å². The molecular weight excluding hydrogens is 220 g/mol. The topological polar surface area (TPSA) is 68.8 Å². The molecule has 1 aromatic heterocycles. The summed E-state index contributed by atoms with van der Waals surface area (Å²) in [6.07, 6.45) is 4.27. The zero-order valence-electron chi connectivity index (χ0n) is 9.83. The van der Waals surface area contributed by atoms with Crippen molar-refractivity contribution in [2.45, 2.75) is 19.4 Å². The van der Waals surface area contributed by atoms with Gasteiger partial charge in [0.15, 0.2) is 11.9 Å². The van der Waals surface area contributed by atoms with E-state index in [9.17, 15) is 4.79 Å². The third kappa shape index (κ3) is 2.41. The number of rotatable bonds is 2. The maximum absolute atomic E-state index is 11.2. The maximum atomic E-state index is 11.2. The number of methoxy groups -OCH3 is 1. The van der Waals surface area contributed by atoms with Crippen molar-refractivity contribution in [2.24, 2.45) is 9.98 Å². The number of aliphatic imine (C=N–C) groups is 2. The van der Waals surface area contributed by atoms with Crippen molar-refractivity contribution in [3.8, 4) is 0 Å². The Morgan fingerprint density at radius 1 is 1.65 bits per heavy atom. The summed E-state index contributed by atoms with van der Waals surface area (Å²) in [4.78, 5) is 19.6. The summed E-state index contributed by atoms with van der Waals surface area (Å²) >= 11 is 0. The quantitative estimate of drug-likeness (QED) is 0.692. The lowest BCUT2D eigenvalue weighted by atomic mass is 10.3. The molecule has 6 nitrogen and oxygen atoms in total. The molecule has 1 unspecified atom stereocenters. The second-order valence-corrected chi connectivity index (χ2v) is 3.62. The largest absolute Gasteiger partial charge is 0.467 e. The minimum atomic E-state index is -0.523. The molecule has 0 saturated carbocycles. The average Bonchev–Trinajstić information content (AvgIpc) is 2.87. The summed E-state index contributed by atoms with van der Waals surface area (Å²) in [5.74, 6) is 0.281. The van der Waals surface area contributed by atoms with E-state index < -0.39 is 6.04 Å². The molecule has 0 saturated heterocycles. The van der Waals surface area contributed by atoms with Crippen LogP contribution in [0.2, 0.25) is 0 Å². The fourth-order valence-corrected chi connectivity index (χ4v) is 1.51. The van der Waals surface area contributed by atoms with E-state index in [0.29, 0.717) is 12.4 Å². The summed E-state index contributed by atoms with van der Waals surface area (Å²) in [6.45, 7) is 2.34. The first-order valence-electron chi connectivity index (χ1n) is 5.45. The predicted molar refractivity (Wildman–Crippen MR) is 63.6 cm³/mol. The van der Waals surface area contributed by atoms with E-state index in [0.717, 1.165) is 12.1 Å². The van der Waals surface area contributed by atoms with Crippen LogP contribution in [0.3, 0.4) is 0 Å². The van der Waals surface area contributed by atoms with Crippen LogP contribution in [0, 0.1) is 0 Å². The Bertz CT molecular complexity index is 476. The highest BCUT2D eigenvalue weighted by Crippen LogP contribution is 2.03. The van der Waals surface area contributed by atoms with Crippen LogP contribution in [0.1, 0.15) is 12.6 Å². The first-order valence-corrected chi connectivity index (χ1v) is 5.45. The minimum absolute atomic E-state index is 0.305. The van der Waals surface area contributed by atoms with Gasteiger partial charge in [0.25, 0.3) is 0 Å². The highest BCUT2D eigenvalue weighted by Gasteiger charge is 2.20. The van der Waals surface area contributed by atoms with Crippen LogP contribution >= 0.6 is 0 Å². The molecule has 1 aliphatic heterocycles. The minimum Gasteiger partial charge on any atom is -0.467 e. The van der Waals surface area contributed by atoms with E-state index in [-0.39, 0.29) is 5.97 Å². The van der Waals surface area contributed by atoms with Crippen molar-refractivity contribution >= 4 is 18.0 Å². The number of carbonyl (C=O) groups excluding carboxylic acids is 1. The monoisotopic (exact) mass is 234 g/mol. The summed E-state index contributed by atoms with van der Waals surface area (Å²) in [6, 6.07) is 1.41. The van der Waals surface area contributed by atoms with Crippen molar-refractivity contribution in [3.63, 3.8) is 0 Å². The molecule has 2 heterocycles. The molecule has 6 heteroatoms. The van der Waals surface area contributed by atoms with Crippen LogP contribution in [-0.4, -0.2) is 47.5 Å². The van der Waals surface area contributed by atoms with E-state index in [4.69, 9.17) is 0 Å². The lowest BCUT2D eigenvalue weighted by Crippen LogP contribution is -2.30. The third-order valence-corrected chi connectivity index (χ3v) is 2.51. The van der Waals surface area contributed by atoms with Crippen molar-refractivity contribution in [1.82, 2.24) is 9.78 Å². The van der Waals surface area contributed by atoms with Gasteiger partial charge in [-0.2, -0.15) is 5.10 Å². The van der Waals surface area contributed by atoms with Gasteiger partial charge in [-0.05, 0) is 12.5 Å². The number of aromatic nitrogens is 2. The Labute approximate surface area is 99.0 Å². The average molecular weight is 234 g/mol. The molecule has 2 rings (SSSR count). The van der Waals surface area contributed by atoms with Gasteiger partial charge in [0, 0.05) is 6.20 Å². The molecule has 1 aliphatic rings. The zero-order valence-corrected chi connectivity index (χ0v) is 9.83. The first kappa shape index (κ1) is 11.5. The molecule has 0 bridgehead atoms. The molecule has 0 N–H and O–H groups in total. The van der Waals surface area contributed by atoms with E-state index in [1.807, 2.05) is 19.2 Å².